The van der Waals surface area contributed by atoms with Gasteiger partial charge in [-0.2, -0.15) is 0 Å². The summed E-state index contributed by atoms with van der Waals surface area (Å²) in [6.45, 7) is 4.78. The van der Waals surface area contributed by atoms with Gasteiger partial charge >= 0.3 is 0 Å². The third kappa shape index (κ3) is 3.22. The largest absolute Gasteiger partial charge is 0.487 e. The Labute approximate surface area is 124 Å². The Morgan fingerprint density at radius 3 is 3.00 bits per heavy atom. The molecular weight excluding hydrogens is 267 g/mol. The summed E-state index contributed by atoms with van der Waals surface area (Å²) in [6, 6.07) is 8.86. The molecule has 0 aliphatic carbocycles. The number of ether oxygens (including phenoxy) is 1. The quantitative estimate of drug-likeness (QED) is 0.936. The van der Waals surface area contributed by atoms with Gasteiger partial charge in [0.25, 0.3) is 0 Å². The molecule has 0 amide bonds. The van der Waals surface area contributed by atoms with Crippen molar-refractivity contribution in [1.29, 1.82) is 0 Å². The van der Waals surface area contributed by atoms with Crippen molar-refractivity contribution >= 4 is 0 Å². The van der Waals surface area contributed by atoms with Crippen LogP contribution in [0.1, 0.15) is 37.4 Å². The number of benzene rings is 1. The molecule has 0 bridgehead atoms. The molecule has 21 heavy (non-hydrogen) atoms. The molecule has 2 heterocycles. The molecule has 0 saturated heterocycles. The van der Waals surface area contributed by atoms with E-state index in [1.165, 1.54) is 12.1 Å². The monoisotopic (exact) mass is 286 g/mol. The number of pyridine rings is 1. The molecule has 1 N–H and O–H groups in total. The SMILES string of the molecule is CC1(C)C[C@H](NCc2cccnc2)c2ccc(F)cc2O1. The van der Waals surface area contributed by atoms with Crippen LogP contribution in [0.3, 0.4) is 0 Å². The first kappa shape index (κ1) is 14.0. The van der Waals surface area contributed by atoms with E-state index in [2.05, 4.69) is 10.3 Å². The standard InChI is InChI=1S/C17H19FN2O/c1-17(2)9-15(20-11-12-4-3-7-19-10-12)14-6-5-13(18)8-16(14)21-17/h3-8,10,15,20H,9,11H2,1-2H3/t15-/m0/s1. The minimum Gasteiger partial charge on any atom is -0.487 e. The van der Waals surface area contributed by atoms with E-state index >= 15 is 0 Å². The van der Waals surface area contributed by atoms with Gasteiger partial charge < -0.3 is 10.1 Å². The highest BCUT2D eigenvalue weighted by atomic mass is 19.1. The number of nitrogens with zero attached hydrogens (tertiary/aromatic N) is 1. The second-order valence-electron chi connectivity index (χ2n) is 6.04. The zero-order valence-corrected chi connectivity index (χ0v) is 12.3. The van der Waals surface area contributed by atoms with Crippen molar-refractivity contribution in [2.24, 2.45) is 0 Å². The molecule has 1 aromatic heterocycles. The van der Waals surface area contributed by atoms with Crippen LogP contribution in [0.25, 0.3) is 0 Å². The van der Waals surface area contributed by atoms with Crippen molar-refractivity contribution in [3.63, 3.8) is 0 Å². The summed E-state index contributed by atoms with van der Waals surface area (Å²) in [5.41, 5.74) is 1.83. The van der Waals surface area contributed by atoms with Gasteiger partial charge in [0.15, 0.2) is 0 Å². The van der Waals surface area contributed by atoms with Gasteiger partial charge in [0.05, 0.1) is 0 Å². The fraction of sp³-hybridized carbons (Fsp3) is 0.353. The van der Waals surface area contributed by atoms with E-state index in [1.54, 1.807) is 12.3 Å². The Balaban J connectivity index is 1.82. The molecule has 1 aromatic carbocycles. The number of rotatable bonds is 3. The van der Waals surface area contributed by atoms with E-state index in [9.17, 15) is 4.39 Å². The van der Waals surface area contributed by atoms with E-state index in [-0.39, 0.29) is 17.5 Å². The fourth-order valence-electron chi connectivity index (χ4n) is 2.75. The molecule has 1 aliphatic rings. The molecule has 2 aromatic rings. The molecule has 3 rings (SSSR count). The second kappa shape index (κ2) is 5.45. The molecule has 0 unspecified atom stereocenters. The van der Waals surface area contributed by atoms with Crippen molar-refractivity contribution in [2.75, 3.05) is 0 Å². The van der Waals surface area contributed by atoms with Crippen molar-refractivity contribution in [2.45, 2.75) is 38.5 Å². The average molecular weight is 286 g/mol. The lowest BCUT2D eigenvalue weighted by atomic mass is 9.89. The van der Waals surface area contributed by atoms with Crippen molar-refractivity contribution in [3.05, 3.63) is 59.7 Å². The molecule has 110 valence electrons. The van der Waals surface area contributed by atoms with Crippen LogP contribution in [0.4, 0.5) is 4.39 Å². The van der Waals surface area contributed by atoms with E-state index < -0.39 is 0 Å². The molecule has 0 spiro atoms. The van der Waals surface area contributed by atoms with Crippen LogP contribution in [0.15, 0.2) is 42.7 Å². The number of nitrogens with one attached hydrogen (secondary N) is 1. The summed E-state index contributed by atoms with van der Waals surface area (Å²) in [5, 5.41) is 3.53. The molecule has 0 radical (unpaired) electrons. The van der Waals surface area contributed by atoms with Crippen LogP contribution in [-0.2, 0) is 6.54 Å². The van der Waals surface area contributed by atoms with E-state index in [1.807, 2.05) is 32.2 Å². The molecular formula is C17H19FN2O. The molecule has 1 atom stereocenters. The second-order valence-corrected chi connectivity index (χ2v) is 6.04. The number of aromatic nitrogens is 1. The summed E-state index contributed by atoms with van der Waals surface area (Å²) in [6.07, 6.45) is 4.45. The van der Waals surface area contributed by atoms with E-state index in [0.717, 1.165) is 24.1 Å². The maximum Gasteiger partial charge on any atom is 0.127 e. The lowest BCUT2D eigenvalue weighted by Crippen LogP contribution is -2.39. The summed E-state index contributed by atoms with van der Waals surface area (Å²) < 4.78 is 19.3. The third-order valence-corrected chi connectivity index (χ3v) is 3.71. The summed E-state index contributed by atoms with van der Waals surface area (Å²) in [7, 11) is 0. The Morgan fingerprint density at radius 1 is 1.38 bits per heavy atom. The predicted octanol–water partition coefficient (Wildman–Crippen LogP) is 3.61. The predicted molar refractivity (Wildman–Crippen MR) is 79.5 cm³/mol. The highest BCUT2D eigenvalue weighted by Crippen LogP contribution is 2.39. The highest BCUT2D eigenvalue weighted by molar-refractivity contribution is 5.39. The van der Waals surface area contributed by atoms with Gasteiger partial charge in [-0.05, 0) is 31.5 Å². The normalized spacial score (nSPS) is 19.7. The molecule has 4 heteroatoms. The topological polar surface area (TPSA) is 34.2 Å². The van der Waals surface area contributed by atoms with Crippen LogP contribution >= 0.6 is 0 Å². The lowest BCUT2D eigenvalue weighted by Gasteiger charge is -2.38. The summed E-state index contributed by atoms with van der Waals surface area (Å²) in [5.74, 6) is 0.368. The maximum atomic E-state index is 13.4. The Kier molecular flexibility index (Phi) is 3.64. The Hall–Kier alpha value is -1.94. The van der Waals surface area contributed by atoms with Gasteiger partial charge in [0.1, 0.15) is 17.2 Å². The van der Waals surface area contributed by atoms with Crippen molar-refractivity contribution in [3.8, 4) is 5.75 Å². The average Bonchev–Trinajstić information content (AvgIpc) is 2.44. The van der Waals surface area contributed by atoms with Crippen LogP contribution in [0.5, 0.6) is 5.75 Å². The first-order valence-corrected chi connectivity index (χ1v) is 7.14. The highest BCUT2D eigenvalue weighted by Gasteiger charge is 2.33. The summed E-state index contributed by atoms with van der Waals surface area (Å²) in [4.78, 5) is 4.12. The number of hydrogen-bond acceptors (Lipinski definition) is 3. The van der Waals surface area contributed by atoms with Gasteiger partial charge in [0.2, 0.25) is 0 Å². The van der Waals surface area contributed by atoms with Gasteiger partial charge in [-0.3, -0.25) is 4.98 Å². The molecule has 3 nitrogen and oxygen atoms in total. The smallest absolute Gasteiger partial charge is 0.127 e. The zero-order chi connectivity index (χ0) is 14.9. The molecule has 0 saturated carbocycles. The van der Waals surface area contributed by atoms with Gasteiger partial charge in [-0.25, -0.2) is 4.39 Å². The number of halogens is 1. The Morgan fingerprint density at radius 2 is 2.24 bits per heavy atom. The summed E-state index contributed by atoms with van der Waals surface area (Å²) >= 11 is 0. The number of fused-ring (bicyclic) bond motifs is 1. The van der Waals surface area contributed by atoms with Crippen molar-refractivity contribution < 1.29 is 9.13 Å². The minimum atomic E-state index is -0.312. The first-order valence-electron chi connectivity index (χ1n) is 7.14. The third-order valence-electron chi connectivity index (χ3n) is 3.71. The Bertz CT molecular complexity index is 628. The van der Waals surface area contributed by atoms with Crippen LogP contribution in [-0.4, -0.2) is 10.6 Å². The lowest BCUT2D eigenvalue weighted by molar-refractivity contribution is 0.0652. The van der Waals surface area contributed by atoms with E-state index in [0.29, 0.717) is 5.75 Å². The molecule has 0 fully saturated rings. The minimum absolute atomic E-state index is 0.143. The first-order chi connectivity index (χ1) is 10.0. The van der Waals surface area contributed by atoms with Gasteiger partial charge in [-0.1, -0.05) is 12.1 Å². The molecule has 1 aliphatic heterocycles. The van der Waals surface area contributed by atoms with Crippen LogP contribution < -0.4 is 10.1 Å². The number of hydrogen-bond donors (Lipinski definition) is 1. The van der Waals surface area contributed by atoms with Crippen LogP contribution in [0.2, 0.25) is 0 Å². The van der Waals surface area contributed by atoms with E-state index in [4.69, 9.17) is 4.74 Å². The van der Waals surface area contributed by atoms with Crippen LogP contribution in [0, 0.1) is 5.82 Å². The van der Waals surface area contributed by atoms with Crippen molar-refractivity contribution in [1.82, 2.24) is 10.3 Å². The van der Waals surface area contributed by atoms with Gasteiger partial charge in [0, 0.05) is 43.0 Å². The fourth-order valence-corrected chi connectivity index (χ4v) is 2.75. The van der Waals surface area contributed by atoms with Gasteiger partial charge in [-0.15, -0.1) is 0 Å². The maximum absolute atomic E-state index is 13.4. The zero-order valence-electron chi connectivity index (χ0n) is 12.3.